The first-order valence-electron chi connectivity index (χ1n) is 11.8. The molecule has 0 saturated carbocycles. The van der Waals surface area contributed by atoms with Gasteiger partial charge in [0.05, 0.1) is 0 Å². The molecule has 1 saturated heterocycles. The summed E-state index contributed by atoms with van der Waals surface area (Å²) < 4.78 is 1.83. The molecule has 0 unspecified atom stereocenters. The standard InChI is InChI=1S/C26H33N3O3/c1-18(2)15-28-16-22(25(31)27-21-13-19-9-5-6-10-20(19)14-21)24(30)23(17-28)26(32)29-11-7-3-4-8-12-29/h5-6,9-10,16-18,21H,3-4,7-8,11-15H2,1-2H3,(H,27,31). The molecule has 4 rings (SSSR count). The minimum Gasteiger partial charge on any atom is -0.352 e. The van der Waals surface area contributed by atoms with Crippen LogP contribution < -0.4 is 10.7 Å². The minimum absolute atomic E-state index is 0.0391. The Balaban J connectivity index is 1.60. The van der Waals surface area contributed by atoms with Gasteiger partial charge in [0.15, 0.2) is 0 Å². The van der Waals surface area contributed by atoms with Crippen LogP contribution in [0.2, 0.25) is 0 Å². The van der Waals surface area contributed by atoms with Crippen molar-refractivity contribution in [2.24, 2.45) is 5.92 Å². The Hall–Kier alpha value is -2.89. The van der Waals surface area contributed by atoms with E-state index in [0.717, 1.165) is 38.5 Å². The molecule has 32 heavy (non-hydrogen) atoms. The van der Waals surface area contributed by atoms with Crippen molar-refractivity contribution in [1.82, 2.24) is 14.8 Å². The van der Waals surface area contributed by atoms with Gasteiger partial charge >= 0.3 is 0 Å². The Kier molecular flexibility index (Phi) is 6.77. The quantitative estimate of drug-likeness (QED) is 0.782. The van der Waals surface area contributed by atoms with Gasteiger partial charge in [0, 0.05) is 38.1 Å². The number of nitrogens with one attached hydrogen (secondary N) is 1. The molecule has 0 spiro atoms. The smallest absolute Gasteiger partial charge is 0.259 e. The average molecular weight is 436 g/mol. The largest absolute Gasteiger partial charge is 0.352 e. The van der Waals surface area contributed by atoms with E-state index >= 15 is 0 Å². The highest BCUT2D eigenvalue weighted by atomic mass is 16.2. The van der Waals surface area contributed by atoms with Crippen molar-refractivity contribution in [1.29, 1.82) is 0 Å². The van der Waals surface area contributed by atoms with Crippen LogP contribution in [0.25, 0.3) is 0 Å². The van der Waals surface area contributed by atoms with Crippen molar-refractivity contribution in [3.05, 3.63) is 69.1 Å². The lowest BCUT2D eigenvalue weighted by molar-refractivity contribution is 0.0759. The number of carbonyl (C=O) groups is 2. The topological polar surface area (TPSA) is 71.4 Å². The van der Waals surface area contributed by atoms with Gasteiger partial charge < -0.3 is 14.8 Å². The van der Waals surface area contributed by atoms with Crippen molar-refractivity contribution in [2.45, 2.75) is 65.0 Å². The molecule has 1 N–H and O–H groups in total. The summed E-state index contributed by atoms with van der Waals surface area (Å²) in [5, 5.41) is 3.04. The van der Waals surface area contributed by atoms with Crippen LogP contribution in [0.15, 0.2) is 41.5 Å². The molecule has 1 aromatic heterocycles. The maximum atomic E-state index is 13.3. The monoisotopic (exact) mass is 435 g/mol. The predicted octanol–water partition coefficient (Wildman–Crippen LogP) is 3.42. The maximum Gasteiger partial charge on any atom is 0.259 e. The van der Waals surface area contributed by atoms with Gasteiger partial charge in [0.1, 0.15) is 11.1 Å². The minimum atomic E-state index is -0.465. The molecule has 1 aromatic carbocycles. The highest BCUT2D eigenvalue weighted by molar-refractivity contribution is 5.99. The highest BCUT2D eigenvalue weighted by Gasteiger charge is 2.27. The van der Waals surface area contributed by atoms with Crippen LogP contribution in [-0.2, 0) is 19.4 Å². The second-order valence-electron chi connectivity index (χ2n) is 9.56. The molecule has 0 atom stereocenters. The first kappa shape index (κ1) is 22.3. The van der Waals surface area contributed by atoms with E-state index in [-0.39, 0.29) is 23.1 Å². The van der Waals surface area contributed by atoms with Crippen molar-refractivity contribution in [3.8, 4) is 0 Å². The van der Waals surface area contributed by atoms with E-state index in [2.05, 4.69) is 31.3 Å². The Bertz CT molecular complexity index is 1020. The number of hydrogen-bond donors (Lipinski definition) is 1. The molecule has 1 fully saturated rings. The maximum absolute atomic E-state index is 13.3. The average Bonchev–Trinajstić information content (AvgIpc) is 2.97. The fourth-order valence-corrected chi connectivity index (χ4v) is 4.84. The van der Waals surface area contributed by atoms with Crippen LogP contribution in [0.3, 0.4) is 0 Å². The third-order valence-corrected chi connectivity index (χ3v) is 6.41. The molecule has 2 heterocycles. The van der Waals surface area contributed by atoms with Gasteiger partial charge in [-0.2, -0.15) is 0 Å². The molecule has 170 valence electrons. The van der Waals surface area contributed by atoms with Crippen molar-refractivity contribution in [2.75, 3.05) is 13.1 Å². The number of hydrogen-bond acceptors (Lipinski definition) is 3. The number of amides is 2. The lowest BCUT2D eigenvalue weighted by Gasteiger charge is -2.21. The van der Waals surface area contributed by atoms with E-state index in [1.54, 1.807) is 17.3 Å². The van der Waals surface area contributed by atoms with Gasteiger partial charge in [-0.15, -0.1) is 0 Å². The van der Waals surface area contributed by atoms with Crippen molar-refractivity contribution >= 4 is 11.8 Å². The van der Waals surface area contributed by atoms with Crippen LogP contribution >= 0.6 is 0 Å². The van der Waals surface area contributed by atoms with E-state index in [1.165, 1.54) is 11.1 Å². The number of pyridine rings is 1. The summed E-state index contributed by atoms with van der Waals surface area (Å²) in [5.41, 5.74) is 2.17. The number of benzene rings is 1. The first-order chi connectivity index (χ1) is 15.4. The van der Waals surface area contributed by atoms with E-state index < -0.39 is 11.3 Å². The number of likely N-dealkylation sites (tertiary alicyclic amines) is 1. The first-order valence-corrected chi connectivity index (χ1v) is 11.8. The van der Waals surface area contributed by atoms with E-state index in [1.807, 2.05) is 16.7 Å². The summed E-state index contributed by atoms with van der Waals surface area (Å²) in [4.78, 5) is 41.5. The van der Waals surface area contributed by atoms with Gasteiger partial charge in [-0.3, -0.25) is 14.4 Å². The summed E-state index contributed by atoms with van der Waals surface area (Å²) in [6.45, 7) is 6.11. The molecular formula is C26H33N3O3. The molecule has 0 bridgehead atoms. The fraction of sp³-hybridized carbons (Fsp3) is 0.500. The molecular weight excluding hydrogens is 402 g/mol. The SMILES string of the molecule is CC(C)Cn1cc(C(=O)NC2Cc3ccccc3C2)c(=O)c(C(=O)N2CCCCCC2)c1. The van der Waals surface area contributed by atoms with Crippen molar-refractivity contribution in [3.63, 3.8) is 0 Å². The van der Waals surface area contributed by atoms with E-state index in [9.17, 15) is 14.4 Å². The van der Waals surface area contributed by atoms with Crippen LogP contribution in [0, 0.1) is 5.92 Å². The number of fused-ring (bicyclic) bond motifs is 1. The summed E-state index contributed by atoms with van der Waals surface area (Å²) in [7, 11) is 0. The van der Waals surface area contributed by atoms with Crippen LogP contribution in [-0.4, -0.2) is 40.4 Å². The number of carbonyl (C=O) groups excluding carboxylic acids is 2. The molecule has 1 aliphatic carbocycles. The van der Waals surface area contributed by atoms with Gasteiger partial charge in [-0.25, -0.2) is 0 Å². The summed E-state index contributed by atoms with van der Waals surface area (Å²) >= 11 is 0. The zero-order valence-electron chi connectivity index (χ0n) is 19.1. The summed E-state index contributed by atoms with van der Waals surface area (Å²) in [6.07, 6.45) is 8.88. The van der Waals surface area contributed by atoms with E-state index in [0.29, 0.717) is 25.6 Å². The van der Waals surface area contributed by atoms with Gasteiger partial charge in [0.25, 0.3) is 11.8 Å². The summed E-state index contributed by atoms with van der Waals surface area (Å²) in [6, 6.07) is 8.13. The zero-order valence-corrected chi connectivity index (χ0v) is 19.1. The van der Waals surface area contributed by atoms with Gasteiger partial charge in [-0.05, 0) is 42.7 Å². The van der Waals surface area contributed by atoms with Crippen LogP contribution in [0.5, 0.6) is 0 Å². The molecule has 2 aliphatic rings. The zero-order chi connectivity index (χ0) is 22.7. The fourth-order valence-electron chi connectivity index (χ4n) is 4.84. The van der Waals surface area contributed by atoms with Crippen LogP contribution in [0.1, 0.15) is 71.4 Å². The molecule has 6 nitrogen and oxygen atoms in total. The number of aromatic nitrogens is 1. The molecule has 2 aromatic rings. The Morgan fingerprint density at radius 1 is 0.969 bits per heavy atom. The predicted molar refractivity (Wildman–Crippen MR) is 125 cm³/mol. The molecule has 2 amide bonds. The lowest BCUT2D eigenvalue weighted by atomic mass is 10.1. The molecule has 0 radical (unpaired) electrons. The molecule has 1 aliphatic heterocycles. The number of rotatable bonds is 5. The second kappa shape index (κ2) is 9.72. The third kappa shape index (κ3) is 4.95. The summed E-state index contributed by atoms with van der Waals surface area (Å²) in [5.74, 6) is -0.327. The lowest BCUT2D eigenvalue weighted by Crippen LogP contribution is -2.41. The highest BCUT2D eigenvalue weighted by Crippen LogP contribution is 2.22. The Morgan fingerprint density at radius 2 is 1.56 bits per heavy atom. The normalized spacial score (nSPS) is 16.7. The third-order valence-electron chi connectivity index (χ3n) is 6.41. The Labute approximate surface area is 189 Å². The molecule has 6 heteroatoms. The number of nitrogens with zero attached hydrogens (tertiary/aromatic N) is 2. The van der Waals surface area contributed by atoms with Crippen LogP contribution in [0.4, 0.5) is 0 Å². The second-order valence-corrected chi connectivity index (χ2v) is 9.56. The van der Waals surface area contributed by atoms with Crippen molar-refractivity contribution < 1.29 is 9.59 Å². The van der Waals surface area contributed by atoms with Gasteiger partial charge in [-0.1, -0.05) is 51.0 Å². The van der Waals surface area contributed by atoms with E-state index in [4.69, 9.17) is 0 Å². The Morgan fingerprint density at radius 3 is 2.16 bits per heavy atom. The van der Waals surface area contributed by atoms with Gasteiger partial charge in [0.2, 0.25) is 5.43 Å².